The third kappa shape index (κ3) is 4.81. The van der Waals surface area contributed by atoms with Crippen LogP contribution in [0.1, 0.15) is 21.5 Å². The van der Waals surface area contributed by atoms with Crippen molar-refractivity contribution >= 4 is 39.4 Å². The summed E-state index contributed by atoms with van der Waals surface area (Å²) in [7, 11) is 4.57. The largest absolute Gasteiger partial charge is 0.493 e. The third-order valence-electron chi connectivity index (χ3n) is 8.48. The fourth-order valence-corrected chi connectivity index (χ4v) is 6.28. The van der Waals surface area contributed by atoms with Crippen LogP contribution in [0.15, 0.2) is 71.3 Å². The number of piperazine rings is 1. The molecule has 1 N–H and O–H groups in total. The minimum atomic E-state index is -4.42. The topological polar surface area (TPSA) is 89.3 Å². The average Bonchev–Trinajstić information content (AvgIpc) is 3.52. The summed E-state index contributed by atoms with van der Waals surface area (Å²) < 4.78 is 62.6. The monoisotopic (exact) mass is 630 g/mol. The molecule has 2 aliphatic rings. The molecule has 1 fully saturated rings. The molecular formula is C34H29F3N4O5. The Morgan fingerprint density at radius 3 is 2.15 bits per heavy atom. The summed E-state index contributed by atoms with van der Waals surface area (Å²) in [6, 6.07) is 18.0. The quantitative estimate of drug-likeness (QED) is 0.198. The van der Waals surface area contributed by atoms with E-state index < -0.39 is 11.7 Å². The van der Waals surface area contributed by atoms with Gasteiger partial charge >= 0.3 is 6.18 Å². The lowest BCUT2D eigenvalue weighted by Gasteiger charge is -2.38. The van der Waals surface area contributed by atoms with Crippen LogP contribution in [0.25, 0.3) is 22.2 Å². The summed E-state index contributed by atoms with van der Waals surface area (Å²) in [6.45, 7) is 1.96. The SMILES string of the molecule is COc1cc(Nc2cc(N3CCN(c4cccc(C(F)(F)F)c4)CC3)c3noc4c3c2C(=O)c2ccccc2-4)cc(OC)c1OC. The van der Waals surface area contributed by atoms with Gasteiger partial charge in [-0.2, -0.15) is 13.2 Å². The minimum absolute atomic E-state index is 0.174. The first-order valence-electron chi connectivity index (χ1n) is 14.6. The number of carbonyl (C=O) groups excluding carboxylic acids is 1. The zero-order valence-corrected chi connectivity index (χ0v) is 25.2. The molecule has 0 amide bonds. The van der Waals surface area contributed by atoms with Gasteiger partial charge < -0.3 is 33.9 Å². The van der Waals surface area contributed by atoms with Crippen molar-refractivity contribution in [1.82, 2.24) is 5.16 Å². The van der Waals surface area contributed by atoms with Crippen LogP contribution in [0.2, 0.25) is 0 Å². The molecule has 0 unspecified atom stereocenters. The van der Waals surface area contributed by atoms with Crippen molar-refractivity contribution in [3.63, 3.8) is 0 Å². The van der Waals surface area contributed by atoms with Crippen LogP contribution in [-0.2, 0) is 6.18 Å². The maximum absolute atomic E-state index is 14.1. The van der Waals surface area contributed by atoms with Crippen LogP contribution in [0, 0.1) is 0 Å². The summed E-state index contributed by atoms with van der Waals surface area (Å²) in [4.78, 5) is 18.1. The normalized spacial score (nSPS) is 14.3. The van der Waals surface area contributed by atoms with Crippen molar-refractivity contribution in [2.45, 2.75) is 6.18 Å². The lowest BCUT2D eigenvalue weighted by molar-refractivity contribution is -0.137. The molecule has 0 radical (unpaired) electrons. The molecule has 7 rings (SSSR count). The molecule has 0 atom stereocenters. The van der Waals surface area contributed by atoms with E-state index in [-0.39, 0.29) is 5.78 Å². The lowest BCUT2D eigenvalue weighted by atomic mass is 9.86. The number of nitrogens with one attached hydrogen (secondary N) is 1. The predicted molar refractivity (Wildman–Crippen MR) is 168 cm³/mol. The van der Waals surface area contributed by atoms with Crippen molar-refractivity contribution in [3.8, 4) is 28.6 Å². The van der Waals surface area contributed by atoms with Crippen LogP contribution >= 0.6 is 0 Å². The number of anilines is 4. The summed E-state index contributed by atoms with van der Waals surface area (Å²) in [5.74, 6) is 1.63. The van der Waals surface area contributed by atoms with E-state index in [1.54, 1.807) is 30.3 Å². The molecule has 5 aromatic rings. The predicted octanol–water partition coefficient (Wildman–Crippen LogP) is 7.15. The van der Waals surface area contributed by atoms with Crippen molar-refractivity contribution in [2.24, 2.45) is 0 Å². The van der Waals surface area contributed by atoms with Gasteiger partial charge in [-0.05, 0) is 24.3 Å². The number of hydrogen-bond donors (Lipinski definition) is 1. The van der Waals surface area contributed by atoms with Crippen LogP contribution in [0.5, 0.6) is 17.2 Å². The fraction of sp³-hybridized carbons (Fsp3) is 0.235. The highest BCUT2D eigenvalue weighted by molar-refractivity contribution is 6.28. The Kier molecular flexibility index (Phi) is 7.14. The van der Waals surface area contributed by atoms with Crippen molar-refractivity contribution in [1.29, 1.82) is 0 Å². The highest BCUT2D eigenvalue weighted by atomic mass is 19.4. The van der Waals surface area contributed by atoms with E-state index >= 15 is 0 Å². The van der Waals surface area contributed by atoms with Gasteiger partial charge in [-0.25, -0.2) is 0 Å². The van der Waals surface area contributed by atoms with Gasteiger partial charge in [0.2, 0.25) is 5.75 Å². The fourth-order valence-electron chi connectivity index (χ4n) is 6.28. The van der Waals surface area contributed by atoms with E-state index in [1.165, 1.54) is 33.5 Å². The van der Waals surface area contributed by atoms with Gasteiger partial charge in [-0.1, -0.05) is 35.5 Å². The molecule has 0 spiro atoms. The Labute approximate surface area is 262 Å². The molecule has 0 bridgehead atoms. The zero-order valence-electron chi connectivity index (χ0n) is 25.2. The molecule has 1 aliphatic heterocycles. The highest BCUT2D eigenvalue weighted by Gasteiger charge is 2.35. The van der Waals surface area contributed by atoms with Gasteiger partial charge in [-0.3, -0.25) is 4.79 Å². The molecule has 1 aromatic heterocycles. The molecule has 1 aliphatic carbocycles. The number of hydrogen-bond acceptors (Lipinski definition) is 9. The Morgan fingerprint density at radius 2 is 1.50 bits per heavy atom. The van der Waals surface area contributed by atoms with Gasteiger partial charge in [0.1, 0.15) is 5.52 Å². The van der Waals surface area contributed by atoms with Crippen LogP contribution in [0.4, 0.5) is 35.9 Å². The van der Waals surface area contributed by atoms with E-state index in [0.717, 1.165) is 11.8 Å². The van der Waals surface area contributed by atoms with Crippen molar-refractivity contribution in [3.05, 3.63) is 83.4 Å². The zero-order chi connectivity index (χ0) is 32.2. The minimum Gasteiger partial charge on any atom is -0.493 e. The Balaban J connectivity index is 1.31. The Bertz CT molecular complexity index is 1960. The van der Waals surface area contributed by atoms with Gasteiger partial charge in [0, 0.05) is 60.8 Å². The Hall–Kier alpha value is -5.39. The van der Waals surface area contributed by atoms with Gasteiger partial charge in [-0.15, -0.1) is 0 Å². The van der Waals surface area contributed by atoms with Crippen molar-refractivity contribution < 1.29 is 36.7 Å². The number of alkyl halides is 3. The first-order chi connectivity index (χ1) is 22.2. The molecule has 236 valence electrons. The summed E-state index contributed by atoms with van der Waals surface area (Å²) in [6.07, 6.45) is -4.42. The van der Waals surface area contributed by atoms with Crippen LogP contribution in [-0.4, -0.2) is 58.4 Å². The Morgan fingerprint density at radius 1 is 0.826 bits per heavy atom. The first kappa shape index (κ1) is 29.3. The summed E-state index contributed by atoms with van der Waals surface area (Å²) >= 11 is 0. The van der Waals surface area contributed by atoms with E-state index in [1.807, 2.05) is 23.1 Å². The number of ether oxygens (including phenoxy) is 3. The van der Waals surface area contributed by atoms with E-state index in [0.29, 0.717) is 93.8 Å². The molecule has 4 aromatic carbocycles. The third-order valence-corrected chi connectivity index (χ3v) is 8.48. The average molecular weight is 631 g/mol. The van der Waals surface area contributed by atoms with Crippen LogP contribution in [0.3, 0.4) is 0 Å². The van der Waals surface area contributed by atoms with Gasteiger partial charge in [0.15, 0.2) is 23.0 Å². The smallest absolute Gasteiger partial charge is 0.416 e. The summed E-state index contributed by atoms with van der Waals surface area (Å²) in [5, 5.41) is 8.46. The molecule has 46 heavy (non-hydrogen) atoms. The van der Waals surface area contributed by atoms with E-state index in [2.05, 4.69) is 15.4 Å². The number of halogens is 3. The van der Waals surface area contributed by atoms with E-state index in [4.69, 9.17) is 18.7 Å². The number of aromatic nitrogens is 1. The molecule has 1 saturated heterocycles. The van der Waals surface area contributed by atoms with Crippen LogP contribution < -0.4 is 29.3 Å². The number of carbonyl (C=O) groups is 1. The second-order valence-electron chi connectivity index (χ2n) is 11.0. The molecule has 9 nitrogen and oxygen atoms in total. The molecular weight excluding hydrogens is 601 g/mol. The van der Waals surface area contributed by atoms with Crippen molar-refractivity contribution in [2.75, 3.05) is 62.6 Å². The number of methoxy groups -OCH3 is 3. The van der Waals surface area contributed by atoms with Gasteiger partial charge in [0.05, 0.1) is 49.2 Å². The standard InChI is InChI=1S/C34H29F3N4O5/c1-43-26-16-20(17-27(44-2)33(26)45-3)38-24-18-25(30-29-28(24)31(42)22-9-4-5-10-23(22)32(29)46-39-30)41-13-11-40(12-14-41)21-8-6-7-19(15-21)34(35,36)37/h4-10,15-18,38H,11-14H2,1-3H3. The molecule has 0 saturated carbocycles. The van der Waals surface area contributed by atoms with E-state index in [9.17, 15) is 18.0 Å². The number of benzene rings is 4. The maximum atomic E-state index is 14.1. The number of rotatable bonds is 7. The lowest BCUT2D eigenvalue weighted by Crippen LogP contribution is -2.46. The highest BCUT2D eigenvalue weighted by Crippen LogP contribution is 2.48. The number of ketones is 1. The second-order valence-corrected chi connectivity index (χ2v) is 11.0. The molecule has 2 heterocycles. The summed E-state index contributed by atoms with van der Waals surface area (Å²) in [5.41, 5.74) is 3.81. The number of fused-ring (bicyclic) bond motifs is 2. The molecule has 12 heteroatoms. The second kappa shape index (κ2) is 11.2. The first-order valence-corrected chi connectivity index (χ1v) is 14.6. The van der Waals surface area contributed by atoms with Gasteiger partial charge in [0.25, 0.3) is 0 Å². The maximum Gasteiger partial charge on any atom is 0.416 e. The number of nitrogens with zero attached hydrogens (tertiary/aromatic N) is 3.